The number of rotatable bonds is 1. The van der Waals surface area contributed by atoms with Gasteiger partial charge in [0.2, 0.25) is 0 Å². The second kappa shape index (κ2) is 2.36. The molecule has 0 spiro atoms. The summed E-state index contributed by atoms with van der Waals surface area (Å²) in [6.07, 6.45) is 2.36. The van der Waals surface area contributed by atoms with Crippen LogP contribution in [0.3, 0.4) is 0 Å². The number of carbonyl (C=O) groups is 1. The minimum absolute atomic E-state index is 0.412. The van der Waals surface area contributed by atoms with Crippen LogP contribution in [0, 0.1) is 11.3 Å². The first-order chi connectivity index (χ1) is 4.79. The normalized spacial score (nSPS) is 8.80. The number of aromatic nitrogens is 1. The first-order valence-corrected chi connectivity index (χ1v) is 2.80. The van der Waals surface area contributed by atoms with E-state index in [1.54, 1.807) is 23.9 Å². The van der Waals surface area contributed by atoms with Gasteiger partial charge in [-0.25, -0.2) is 0 Å². The van der Waals surface area contributed by atoms with Crippen LogP contribution in [0.2, 0.25) is 0 Å². The van der Waals surface area contributed by atoms with Crippen LogP contribution in [0.1, 0.15) is 16.1 Å². The van der Waals surface area contributed by atoms with Gasteiger partial charge in [0.05, 0.1) is 5.56 Å². The molecule has 0 aliphatic heterocycles. The molecule has 1 aromatic heterocycles. The van der Waals surface area contributed by atoms with Gasteiger partial charge in [-0.1, -0.05) is 0 Å². The van der Waals surface area contributed by atoms with Crippen LogP contribution in [-0.2, 0) is 7.05 Å². The monoisotopic (exact) mass is 134 g/mol. The first-order valence-electron chi connectivity index (χ1n) is 2.80. The van der Waals surface area contributed by atoms with Crippen LogP contribution in [0.25, 0.3) is 0 Å². The van der Waals surface area contributed by atoms with Gasteiger partial charge in [-0.3, -0.25) is 4.79 Å². The highest BCUT2D eigenvalue weighted by Gasteiger charge is 2.02. The number of carbonyl (C=O) groups excluding carboxylic acids is 1. The average molecular weight is 134 g/mol. The second-order valence-corrected chi connectivity index (χ2v) is 1.96. The van der Waals surface area contributed by atoms with Gasteiger partial charge in [0.1, 0.15) is 11.8 Å². The third kappa shape index (κ3) is 0.799. The number of hydrogen-bond donors (Lipinski definition) is 0. The highest BCUT2D eigenvalue weighted by molar-refractivity contribution is 5.78. The van der Waals surface area contributed by atoms with E-state index in [1.165, 1.54) is 0 Å². The van der Waals surface area contributed by atoms with Gasteiger partial charge < -0.3 is 4.57 Å². The van der Waals surface area contributed by atoms with Crippen LogP contribution >= 0.6 is 0 Å². The van der Waals surface area contributed by atoms with Gasteiger partial charge in [0.25, 0.3) is 0 Å². The minimum atomic E-state index is 0.412. The number of nitrogens with zero attached hydrogens (tertiary/aromatic N) is 2. The van der Waals surface area contributed by atoms with Crippen LogP contribution < -0.4 is 0 Å². The molecule has 0 saturated carbocycles. The Morgan fingerprint density at radius 2 is 2.50 bits per heavy atom. The largest absolute Gasteiger partial charge is 0.342 e. The summed E-state index contributed by atoms with van der Waals surface area (Å²) in [4.78, 5) is 10.2. The molecule has 1 rings (SSSR count). The lowest BCUT2D eigenvalue weighted by molar-refractivity contribution is 0.112. The molecule has 50 valence electrons. The molecule has 1 heterocycles. The van der Waals surface area contributed by atoms with Gasteiger partial charge in [0, 0.05) is 13.2 Å². The molecule has 0 unspecified atom stereocenters. The topological polar surface area (TPSA) is 45.8 Å². The van der Waals surface area contributed by atoms with E-state index in [4.69, 9.17) is 5.26 Å². The van der Waals surface area contributed by atoms with E-state index in [2.05, 4.69) is 0 Å². The molecule has 0 aliphatic carbocycles. The van der Waals surface area contributed by atoms with Crippen molar-refractivity contribution in [2.75, 3.05) is 0 Å². The number of aldehydes is 1. The Morgan fingerprint density at radius 3 is 2.90 bits per heavy atom. The predicted molar refractivity (Wildman–Crippen MR) is 35.5 cm³/mol. The Labute approximate surface area is 58.5 Å². The Hall–Kier alpha value is -1.56. The van der Waals surface area contributed by atoms with E-state index >= 15 is 0 Å². The van der Waals surface area contributed by atoms with Gasteiger partial charge in [0.15, 0.2) is 6.29 Å². The summed E-state index contributed by atoms with van der Waals surface area (Å²) in [6.45, 7) is 0. The Kier molecular flexibility index (Phi) is 1.55. The smallest absolute Gasteiger partial charge is 0.152 e. The van der Waals surface area contributed by atoms with Gasteiger partial charge >= 0.3 is 0 Å². The van der Waals surface area contributed by atoms with Crippen molar-refractivity contribution < 1.29 is 4.79 Å². The van der Waals surface area contributed by atoms with Crippen LogP contribution in [0.5, 0.6) is 0 Å². The average Bonchev–Trinajstić information content (AvgIpc) is 2.30. The van der Waals surface area contributed by atoms with E-state index in [1.807, 2.05) is 6.07 Å². The quantitative estimate of drug-likeness (QED) is 0.531. The number of hydrogen-bond acceptors (Lipinski definition) is 2. The molecule has 0 fully saturated rings. The van der Waals surface area contributed by atoms with Gasteiger partial charge in [-0.2, -0.15) is 5.26 Å². The lowest BCUT2D eigenvalue weighted by atomic mass is 10.3. The number of aryl methyl sites for hydroxylation is 1. The van der Waals surface area contributed by atoms with Crippen molar-refractivity contribution >= 4 is 6.29 Å². The maximum absolute atomic E-state index is 10.2. The Balaban J connectivity index is 3.29. The summed E-state index contributed by atoms with van der Waals surface area (Å²) in [5, 5.41) is 8.49. The van der Waals surface area contributed by atoms with E-state index in [-0.39, 0.29) is 0 Å². The molecule has 0 aromatic carbocycles. The van der Waals surface area contributed by atoms with Crippen molar-refractivity contribution in [2.45, 2.75) is 0 Å². The zero-order valence-electron chi connectivity index (χ0n) is 5.53. The molecule has 0 saturated heterocycles. The molecule has 0 bridgehead atoms. The maximum Gasteiger partial charge on any atom is 0.152 e. The zero-order chi connectivity index (χ0) is 7.56. The third-order valence-electron chi connectivity index (χ3n) is 1.34. The van der Waals surface area contributed by atoms with Crippen LogP contribution in [-0.4, -0.2) is 10.9 Å². The fourth-order valence-corrected chi connectivity index (χ4v) is 0.788. The van der Waals surface area contributed by atoms with E-state index in [0.717, 1.165) is 0 Å². The van der Waals surface area contributed by atoms with E-state index in [0.29, 0.717) is 17.5 Å². The van der Waals surface area contributed by atoms with Crippen molar-refractivity contribution in [1.82, 2.24) is 4.57 Å². The molecule has 1 aromatic rings. The molecular weight excluding hydrogens is 128 g/mol. The Bertz CT molecular complexity index is 293. The first kappa shape index (κ1) is 6.56. The van der Waals surface area contributed by atoms with E-state index in [9.17, 15) is 4.79 Å². The van der Waals surface area contributed by atoms with Crippen molar-refractivity contribution in [1.29, 1.82) is 5.26 Å². The highest BCUT2D eigenvalue weighted by atomic mass is 16.1. The maximum atomic E-state index is 10.2. The molecule has 3 heteroatoms. The standard InChI is InChI=1S/C7H6N2O/c1-9-3-2-6(5-10)7(9)4-8/h2-3,5H,1H3. The van der Waals surface area contributed by atoms with E-state index < -0.39 is 0 Å². The van der Waals surface area contributed by atoms with Crippen LogP contribution in [0.15, 0.2) is 12.3 Å². The second-order valence-electron chi connectivity index (χ2n) is 1.96. The molecule has 0 atom stereocenters. The third-order valence-corrected chi connectivity index (χ3v) is 1.34. The molecule has 0 N–H and O–H groups in total. The Morgan fingerprint density at radius 1 is 1.80 bits per heavy atom. The minimum Gasteiger partial charge on any atom is -0.342 e. The summed E-state index contributed by atoms with van der Waals surface area (Å²) >= 11 is 0. The van der Waals surface area contributed by atoms with Crippen LogP contribution in [0.4, 0.5) is 0 Å². The summed E-state index contributed by atoms with van der Waals surface area (Å²) < 4.78 is 1.61. The predicted octanol–water partition coefficient (Wildman–Crippen LogP) is 0.709. The van der Waals surface area contributed by atoms with Gasteiger partial charge in [-0.15, -0.1) is 0 Å². The molecule has 0 aliphatic rings. The van der Waals surface area contributed by atoms with Gasteiger partial charge in [-0.05, 0) is 6.07 Å². The summed E-state index contributed by atoms with van der Waals surface area (Å²) in [5.41, 5.74) is 0.861. The molecule has 3 nitrogen and oxygen atoms in total. The van der Waals surface area contributed by atoms with Crippen molar-refractivity contribution in [3.8, 4) is 6.07 Å². The van der Waals surface area contributed by atoms with Crippen molar-refractivity contribution in [3.05, 3.63) is 23.5 Å². The highest BCUT2D eigenvalue weighted by Crippen LogP contribution is 2.04. The lowest BCUT2D eigenvalue weighted by Crippen LogP contribution is -1.91. The summed E-state index contributed by atoms with van der Waals surface area (Å²) in [5.74, 6) is 0. The zero-order valence-corrected chi connectivity index (χ0v) is 5.53. The molecule has 10 heavy (non-hydrogen) atoms. The van der Waals surface area contributed by atoms with Crippen molar-refractivity contribution in [3.63, 3.8) is 0 Å². The SMILES string of the molecule is Cn1ccc(C=O)c1C#N. The number of nitriles is 1. The fraction of sp³-hybridized carbons (Fsp3) is 0.143. The summed E-state index contributed by atoms with van der Waals surface area (Å²) in [6, 6.07) is 3.54. The van der Waals surface area contributed by atoms with Crippen molar-refractivity contribution in [2.24, 2.45) is 7.05 Å². The molecular formula is C7H6N2O. The molecule has 0 amide bonds. The molecule has 0 radical (unpaired) electrons. The summed E-state index contributed by atoms with van der Waals surface area (Å²) in [7, 11) is 1.73. The lowest BCUT2D eigenvalue weighted by Gasteiger charge is -1.89. The fourth-order valence-electron chi connectivity index (χ4n) is 0.788.